The van der Waals surface area contributed by atoms with Gasteiger partial charge in [0.2, 0.25) is 11.8 Å². The lowest BCUT2D eigenvalue weighted by Gasteiger charge is -2.33. The van der Waals surface area contributed by atoms with E-state index in [-0.39, 0.29) is 35.7 Å². The van der Waals surface area contributed by atoms with Crippen LogP contribution >= 0.6 is 0 Å². The number of benzene rings is 1. The Morgan fingerprint density at radius 1 is 0.810 bits per heavy atom. The van der Waals surface area contributed by atoms with Gasteiger partial charge in [0, 0.05) is 49.0 Å². The lowest BCUT2D eigenvalue weighted by Crippen LogP contribution is -2.51. The second-order valence-corrected chi connectivity index (χ2v) is 15.6. The largest absolute Gasteiger partial charge is 0.465 e. The van der Waals surface area contributed by atoms with Crippen LogP contribution in [0.25, 0.3) is 44.9 Å². The molecule has 5 aromatic rings. The minimum absolute atomic E-state index is 0.125. The van der Waals surface area contributed by atoms with E-state index >= 15 is 0 Å². The number of nitrogens with one attached hydrogen (secondary N) is 3. The van der Waals surface area contributed by atoms with Crippen LogP contribution in [0.5, 0.6) is 0 Å². The number of carboxylic acid groups (broad SMARTS) is 1. The van der Waals surface area contributed by atoms with E-state index in [1.165, 1.54) is 14.2 Å². The van der Waals surface area contributed by atoms with Crippen LogP contribution < -0.4 is 5.32 Å². The Kier molecular flexibility index (Phi) is 11.4. The Morgan fingerprint density at radius 2 is 1.43 bits per heavy atom. The maximum absolute atomic E-state index is 13.6. The molecule has 0 saturated carbocycles. The van der Waals surface area contributed by atoms with Crippen molar-refractivity contribution >= 4 is 34.9 Å². The minimum Gasteiger partial charge on any atom is -0.465 e. The van der Waals surface area contributed by atoms with E-state index in [4.69, 9.17) is 9.72 Å². The number of hydrogen-bond donors (Lipinski definition) is 4. The number of carbonyl (C=O) groups excluding carboxylic acids is 3. The number of likely N-dealkylation sites (N-methyl/N-ethyl adjacent to an activating group) is 1. The fourth-order valence-corrected chi connectivity index (χ4v) is 8.01. The summed E-state index contributed by atoms with van der Waals surface area (Å²) in [6.45, 7) is 8.58. The van der Waals surface area contributed by atoms with Crippen LogP contribution in [-0.4, -0.2) is 118 Å². The monoisotopic (exact) mass is 791 g/mol. The highest BCUT2D eigenvalue weighted by molar-refractivity contribution is 5.87. The fraction of sp³-hybridized carbons (Fsp3) is 0.439. The number of nitrogens with zero attached hydrogens (tertiary/aromatic N) is 8. The first-order valence-electron chi connectivity index (χ1n) is 19.6. The van der Waals surface area contributed by atoms with Gasteiger partial charge in [0.25, 0.3) is 0 Å². The molecule has 0 spiro atoms. The maximum Gasteiger partial charge on any atom is 0.407 e. The molecular weight excluding hydrogens is 743 g/mol. The lowest BCUT2D eigenvalue weighted by atomic mass is 10.0. The van der Waals surface area contributed by atoms with E-state index in [1.54, 1.807) is 34.6 Å². The molecule has 2 aliphatic heterocycles. The van der Waals surface area contributed by atoms with Crippen LogP contribution in [0, 0.1) is 11.8 Å². The van der Waals surface area contributed by atoms with Crippen molar-refractivity contribution < 1.29 is 29.0 Å². The van der Waals surface area contributed by atoms with Crippen LogP contribution in [0.15, 0.2) is 55.1 Å². The lowest BCUT2D eigenvalue weighted by molar-refractivity contribution is -0.138. The number of pyridine rings is 1. The second kappa shape index (κ2) is 16.6. The summed E-state index contributed by atoms with van der Waals surface area (Å²) in [5.41, 5.74) is 4.58. The van der Waals surface area contributed by atoms with Crippen molar-refractivity contribution in [2.24, 2.45) is 11.8 Å². The van der Waals surface area contributed by atoms with Gasteiger partial charge in [-0.15, -0.1) is 0 Å². The van der Waals surface area contributed by atoms with E-state index in [0.29, 0.717) is 36.3 Å². The van der Waals surface area contributed by atoms with E-state index in [2.05, 4.69) is 35.2 Å². The molecule has 7 rings (SSSR count). The van der Waals surface area contributed by atoms with Crippen molar-refractivity contribution in [3.05, 3.63) is 66.8 Å². The Balaban J connectivity index is 1.03. The summed E-state index contributed by atoms with van der Waals surface area (Å²) in [6, 6.07) is 7.61. The molecule has 3 unspecified atom stereocenters. The minimum atomic E-state index is -1.14. The topological polar surface area (TPSA) is 216 Å². The van der Waals surface area contributed by atoms with Gasteiger partial charge in [0.1, 0.15) is 29.4 Å². The molecule has 2 aliphatic rings. The van der Waals surface area contributed by atoms with Crippen LogP contribution in [0.1, 0.15) is 77.1 Å². The SMILES string of the molecule is COC(=O)NC(C(=O)N1CCCC1c1ncc(-c2ccc(-c3ncc4cc(-c5cnc(C6CCCN6C(=O)[C@H](C(C)C)N(C)C(=O)O)[nH]5)ccc4n3)nc2)[nH]1)C(C)C. The number of fused-ring (bicyclic) bond motifs is 1. The van der Waals surface area contributed by atoms with Crippen molar-refractivity contribution in [2.75, 3.05) is 27.2 Å². The van der Waals surface area contributed by atoms with Crippen LogP contribution in [0.3, 0.4) is 0 Å². The molecule has 58 heavy (non-hydrogen) atoms. The Hall–Kier alpha value is -6.39. The van der Waals surface area contributed by atoms with Crippen molar-refractivity contribution in [1.29, 1.82) is 0 Å². The molecule has 17 nitrogen and oxygen atoms in total. The van der Waals surface area contributed by atoms with Crippen molar-refractivity contribution in [3.8, 4) is 34.0 Å². The molecule has 0 radical (unpaired) electrons. The van der Waals surface area contributed by atoms with E-state index < -0.39 is 24.3 Å². The van der Waals surface area contributed by atoms with Gasteiger partial charge >= 0.3 is 12.2 Å². The van der Waals surface area contributed by atoms with Gasteiger partial charge in [-0.1, -0.05) is 33.8 Å². The maximum atomic E-state index is 13.6. The number of hydrogen-bond acceptors (Lipinski definition) is 10. The Morgan fingerprint density at radius 3 is 2.00 bits per heavy atom. The average Bonchev–Trinajstić information content (AvgIpc) is 4.06. The molecule has 4 aromatic heterocycles. The predicted octanol–water partition coefficient (Wildman–Crippen LogP) is 5.81. The van der Waals surface area contributed by atoms with Crippen molar-refractivity contribution in [1.82, 2.24) is 54.9 Å². The Bertz CT molecular complexity index is 2300. The average molecular weight is 792 g/mol. The predicted molar refractivity (Wildman–Crippen MR) is 214 cm³/mol. The van der Waals surface area contributed by atoms with Gasteiger partial charge in [-0.3, -0.25) is 19.5 Å². The molecule has 6 heterocycles. The summed E-state index contributed by atoms with van der Waals surface area (Å²) in [4.78, 5) is 85.6. The van der Waals surface area contributed by atoms with Gasteiger partial charge in [0.05, 0.1) is 48.5 Å². The molecule has 17 heteroatoms. The van der Waals surface area contributed by atoms with Gasteiger partial charge in [-0.25, -0.2) is 29.5 Å². The number of likely N-dealkylation sites (tertiary alicyclic amines) is 2. The van der Waals surface area contributed by atoms with Crippen LogP contribution in [-0.2, 0) is 14.3 Å². The van der Waals surface area contributed by atoms with Gasteiger partial charge in [-0.05, 0) is 61.8 Å². The number of rotatable bonds is 11. The highest BCUT2D eigenvalue weighted by atomic mass is 16.5. The number of aromatic nitrogens is 7. The molecule has 0 bridgehead atoms. The fourth-order valence-electron chi connectivity index (χ4n) is 8.01. The summed E-state index contributed by atoms with van der Waals surface area (Å²) in [6.07, 6.45) is 8.30. The quantitative estimate of drug-likeness (QED) is 0.125. The van der Waals surface area contributed by atoms with Crippen LogP contribution in [0.4, 0.5) is 9.59 Å². The summed E-state index contributed by atoms with van der Waals surface area (Å²) in [5, 5.41) is 13.1. The number of H-pyrrole nitrogens is 2. The summed E-state index contributed by atoms with van der Waals surface area (Å²) < 4.78 is 4.75. The number of aromatic amines is 2. The summed E-state index contributed by atoms with van der Waals surface area (Å²) in [5.74, 6) is 1.11. The zero-order valence-electron chi connectivity index (χ0n) is 33.5. The molecule has 0 aliphatic carbocycles. The van der Waals surface area contributed by atoms with E-state index in [1.807, 2.05) is 58.0 Å². The highest BCUT2D eigenvalue weighted by Crippen LogP contribution is 2.35. The highest BCUT2D eigenvalue weighted by Gasteiger charge is 2.40. The zero-order chi connectivity index (χ0) is 41.2. The smallest absolute Gasteiger partial charge is 0.407 e. The molecule has 2 fully saturated rings. The standard InChI is InChI=1S/C41H49N11O6/c1-22(2)33(49-40(55)58-6)38(53)51-15-7-9-31(51)36-45-21-30(48-36)25-12-14-28(42-18-25)35-43-19-26-17-24(11-13-27(26)46-35)29-20-44-37(47-29)32-10-8-16-52(32)39(54)34(23(3)4)50(5)41(56)57/h11-14,17-23,31-34H,7-10,15-16H2,1-6H3,(H,44,47)(H,45,48)(H,49,55)(H,56,57)/t31?,32?,33?,34-/m0/s1. The molecule has 4 amide bonds. The number of carbonyl (C=O) groups is 4. The summed E-state index contributed by atoms with van der Waals surface area (Å²) in [7, 11) is 2.72. The number of imidazole rings is 2. The first-order valence-corrected chi connectivity index (χ1v) is 19.6. The molecule has 4 N–H and O–H groups in total. The van der Waals surface area contributed by atoms with Gasteiger partial charge < -0.3 is 34.9 Å². The van der Waals surface area contributed by atoms with E-state index in [0.717, 1.165) is 64.0 Å². The number of ether oxygens (including phenoxy) is 1. The zero-order valence-corrected chi connectivity index (χ0v) is 33.5. The van der Waals surface area contributed by atoms with Gasteiger partial charge in [0.15, 0.2) is 5.82 Å². The first kappa shape index (κ1) is 39.8. The summed E-state index contributed by atoms with van der Waals surface area (Å²) >= 11 is 0. The first-order chi connectivity index (χ1) is 27.8. The third-order valence-electron chi connectivity index (χ3n) is 11.1. The number of methoxy groups -OCH3 is 1. The van der Waals surface area contributed by atoms with E-state index in [9.17, 15) is 24.3 Å². The van der Waals surface area contributed by atoms with Crippen molar-refractivity contribution in [2.45, 2.75) is 77.5 Å². The molecular formula is C41H49N11O6. The molecule has 1 aromatic carbocycles. The third-order valence-corrected chi connectivity index (χ3v) is 11.1. The molecule has 2 saturated heterocycles. The number of alkyl carbamates (subject to hydrolysis) is 1. The second-order valence-electron chi connectivity index (χ2n) is 15.6. The van der Waals surface area contributed by atoms with Crippen molar-refractivity contribution in [3.63, 3.8) is 0 Å². The third kappa shape index (κ3) is 7.93. The molecule has 4 atom stereocenters. The molecule has 304 valence electrons. The van der Waals surface area contributed by atoms with Crippen LogP contribution in [0.2, 0.25) is 0 Å². The normalized spacial score (nSPS) is 17.9. The Labute approximate surface area is 335 Å². The number of amides is 4. The van der Waals surface area contributed by atoms with Gasteiger partial charge in [-0.2, -0.15) is 0 Å².